The largest absolute Gasteiger partial charge is 0.497 e. The van der Waals surface area contributed by atoms with Gasteiger partial charge < -0.3 is 19.9 Å². The normalized spacial score (nSPS) is 13.3. The van der Waals surface area contributed by atoms with Gasteiger partial charge in [0.15, 0.2) is 0 Å². The summed E-state index contributed by atoms with van der Waals surface area (Å²) in [5, 5.41) is 12.6. The molecule has 22 heavy (non-hydrogen) atoms. The first kappa shape index (κ1) is 18.3. The number of ether oxygens (including phenoxy) is 2. The van der Waals surface area contributed by atoms with Gasteiger partial charge in [0.1, 0.15) is 5.75 Å². The zero-order chi connectivity index (χ0) is 16.4. The zero-order valence-corrected chi connectivity index (χ0v) is 13.7. The highest BCUT2D eigenvalue weighted by atomic mass is 16.5. The Bertz CT molecular complexity index is 448. The Morgan fingerprint density at radius 2 is 2.09 bits per heavy atom. The molecule has 1 amide bonds. The first-order chi connectivity index (χ1) is 10.6. The van der Waals surface area contributed by atoms with Crippen LogP contribution in [0.3, 0.4) is 0 Å². The van der Waals surface area contributed by atoms with E-state index in [1.165, 1.54) is 0 Å². The Kier molecular flexibility index (Phi) is 8.36. The Balaban J connectivity index is 2.55. The molecule has 0 unspecified atom stereocenters. The van der Waals surface area contributed by atoms with Gasteiger partial charge in [-0.3, -0.25) is 0 Å². The summed E-state index contributed by atoms with van der Waals surface area (Å²) in [4.78, 5) is 11.8. The molecule has 0 aliphatic rings. The maximum atomic E-state index is 11.8. The van der Waals surface area contributed by atoms with Crippen LogP contribution in [0, 0.1) is 0 Å². The lowest BCUT2D eigenvalue weighted by molar-refractivity contribution is 0.112. The number of hydrogen-bond donors (Lipinski definition) is 2. The SMILES string of the molecule is CCCCCCOC(=O)N[C@H](c1cccc(OC)c1)[C@H](C)O. The van der Waals surface area contributed by atoms with Gasteiger partial charge >= 0.3 is 6.09 Å². The molecule has 0 fully saturated rings. The van der Waals surface area contributed by atoms with Crippen LogP contribution < -0.4 is 10.1 Å². The molecule has 5 nitrogen and oxygen atoms in total. The first-order valence-corrected chi connectivity index (χ1v) is 7.83. The van der Waals surface area contributed by atoms with Gasteiger partial charge in [-0.1, -0.05) is 38.3 Å². The quantitative estimate of drug-likeness (QED) is 0.686. The third-order valence-corrected chi connectivity index (χ3v) is 3.44. The van der Waals surface area contributed by atoms with Crippen LogP contribution in [0.1, 0.15) is 51.1 Å². The van der Waals surface area contributed by atoms with Gasteiger partial charge in [-0.05, 0) is 31.0 Å². The van der Waals surface area contributed by atoms with E-state index in [4.69, 9.17) is 9.47 Å². The number of carbonyl (C=O) groups excluding carboxylic acids is 1. The number of methoxy groups -OCH3 is 1. The molecule has 1 rings (SSSR count). The minimum absolute atomic E-state index is 0.399. The third-order valence-electron chi connectivity index (χ3n) is 3.44. The second-order valence-electron chi connectivity index (χ2n) is 5.34. The number of carbonyl (C=O) groups is 1. The van der Waals surface area contributed by atoms with E-state index in [0.717, 1.165) is 31.2 Å². The minimum atomic E-state index is -0.736. The predicted molar refractivity (Wildman–Crippen MR) is 86.0 cm³/mol. The number of aliphatic hydroxyl groups is 1. The lowest BCUT2D eigenvalue weighted by Crippen LogP contribution is -2.35. The Labute approximate surface area is 132 Å². The molecule has 0 saturated carbocycles. The molecular formula is C17H27NO4. The standard InChI is InChI=1S/C17H27NO4/c1-4-5-6-7-11-22-17(20)18-16(13(2)19)14-9-8-10-15(12-14)21-3/h8-10,12-13,16,19H,4-7,11H2,1-3H3,(H,18,20)/t13-,16-/m0/s1. The number of hydrogen-bond acceptors (Lipinski definition) is 4. The van der Waals surface area contributed by atoms with Crippen LogP contribution >= 0.6 is 0 Å². The number of aliphatic hydroxyl groups excluding tert-OH is 1. The molecule has 0 spiro atoms. The molecule has 2 atom stereocenters. The summed E-state index contributed by atoms with van der Waals surface area (Å²) in [5.74, 6) is 0.679. The second kappa shape index (κ2) is 10.1. The van der Waals surface area contributed by atoms with Crippen molar-refractivity contribution in [3.05, 3.63) is 29.8 Å². The maximum Gasteiger partial charge on any atom is 0.407 e. The molecule has 0 aliphatic carbocycles. The third kappa shape index (κ3) is 6.35. The highest BCUT2D eigenvalue weighted by Gasteiger charge is 2.20. The summed E-state index contributed by atoms with van der Waals surface area (Å²) in [6, 6.07) is 6.73. The summed E-state index contributed by atoms with van der Waals surface area (Å²) in [7, 11) is 1.58. The molecule has 5 heteroatoms. The maximum absolute atomic E-state index is 11.8. The van der Waals surface area contributed by atoms with E-state index in [1.54, 1.807) is 20.1 Å². The van der Waals surface area contributed by atoms with E-state index in [9.17, 15) is 9.90 Å². The minimum Gasteiger partial charge on any atom is -0.497 e. The fourth-order valence-corrected chi connectivity index (χ4v) is 2.18. The topological polar surface area (TPSA) is 67.8 Å². The number of alkyl carbamates (subject to hydrolysis) is 1. The smallest absolute Gasteiger partial charge is 0.407 e. The van der Waals surface area contributed by atoms with Crippen molar-refractivity contribution in [2.24, 2.45) is 0 Å². The van der Waals surface area contributed by atoms with Gasteiger partial charge in [0, 0.05) is 0 Å². The number of unbranched alkanes of at least 4 members (excludes halogenated alkanes) is 3. The summed E-state index contributed by atoms with van der Waals surface area (Å²) in [5.41, 5.74) is 0.775. The number of amides is 1. The van der Waals surface area contributed by atoms with Gasteiger partial charge in [-0.25, -0.2) is 4.79 Å². The van der Waals surface area contributed by atoms with Crippen molar-refractivity contribution in [3.63, 3.8) is 0 Å². The van der Waals surface area contributed by atoms with E-state index >= 15 is 0 Å². The van der Waals surface area contributed by atoms with Crippen LogP contribution in [0.5, 0.6) is 5.75 Å². The van der Waals surface area contributed by atoms with E-state index in [-0.39, 0.29) is 0 Å². The van der Waals surface area contributed by atoms with Gasteiger partial charge in [0.05, 0.1) is 25.9 Å². The van der Waals surface area contributed by atoms with E-state index < -0.39 is 18.2 Å². The number of nitrogens with one attached hydrogen (secondary N) is 1. The average Bonchev–Trinajstić information content (AvgIpc) is 2.52. The summed E-state index contributed by atoms with van der Waals surface area (Å²) in [6.45, 7) is 4.16. The Hall–Kier alpha value is -1.75. The number of rotatable bonds is 9. The molecule has 1 aromatic rings. The van der Waals surface area contributed by atoms with Crippen molar-refractivity contribution in [3.8, 4) is 5.75 Å². The highest BCUT2D eigenvalue weighted by Crippen LogP contribution is 2.22. The molecule has 124 valence electrons. The Morgan fingerprint density at radius 3 is 2.73 bits per heavy atom. The molecule has 2 N–H and O–H groups in total. The Morgan fingerprint density at radius 1 is 1.32 bits per heavy atom. The summed E-state index contributed by atoms with van der Waals surface area (Å²) >= 11 is 0. The van der Waals surface area contributed by atoms with Crippen LogP contribution in [-0.2, 0) is 4.74 Å². The van der Waals surface area contributed by atoms with E-state index in [2.05, 4.69) is 12.2 Å². The molecular weight excluding hydrogens is 282 g/mol. The highest BCUT2D eigenvalue weighted by molar-refractivity contribution is 5.68. The van der Waals surface area contributed by atoms with Crippen LogP contribution in [0.25, 0.3) is 0 Å². The molecule has 0 bridgehead atoms. The molecule has 0 aromatic heterocycles. The average molecular weight is 309 g/mol. The zero-order valence-electron chi connectivity index (χ0n) is 13.7. The second-order valence-corrected chi connectivity index (χ2v) is 5.34. The summed E-state index contributed by atoms with van der Waals surface area (Å²) in [6.07, 6.45) is 2.96. The van der Waals surface area contributed by atoms with Crippen LogP contribution in [0.15, 0.2) is 24.3 Å². The van der Waals surface area contributed by atoms with Gasteiger partial charge in [0.2, 0.25) is 0 Å². The molecule has 0 radical (unpaired) electrons. The monoisotopic (exact) mass is 309 g/mol. The van der Waals surface area contributed by atoms with Gasteiger partial charge in [-0.2, -0.15) is 0 Å². The predicted octanol–water partition coefficient (Wildman–Crippen LogP) is 3.42. The number of benzene rings is 1. The van der Waals surface area contributed by atoms with Crippen molar-refractivity contribution in [1.29, 1.82) is 0 Å². The van der Waals surface area contributed by atoms with Crippen LogP contribution in [0.4, 0.5) is 4.79 Å². The van der Waals surface area contributed by atoms with Crippen LogP contribution in [0.2, 0.25) is 0 Å². The van der Waals surface area contributed by atoms with Gasteiger partial charge in [-0.15, -0.1) is 0 Å². The summed E-state index contributed by atoms with van der Waals surface area (Å²) < 4.78 is 10.3. The van der Waals surface area contributed by atoms with Crippen molar-refractivity contribution in [1.82, 2.24) is 5.32 Å². The van der Waals surface area contributed by atoms with Crippen molar-refractivity contribution in [2.45, 2.75) is 51.7 Å². The molecule has 0 aliphatic heterocycles. The fourth-order valence-electron chi connectivity index (χ4n) is 2.18. The molecule has 1 aromatic carbocycles. The van der Waals surface area contributed by atoms with E-state index in [1.807, 2.05) is 18.2 Å². The lowest BCUT2D eigenvalue weighted by atomic mass is 10.0. The van der Waals surface area contributed by atoms with Crippen LogP contribution in [-0.4, -0.2) is 31.0 Å². The van der Waals surface area contributed by atoms with E-state index in [0.29, 0.717) is 12.4 Å². The van der Waals surface area contributed by atoms with Crippen molar-refractivity contribution in [2.75, 3.05) is 13.7 Å². The lowest BCUT2D eigenvalue weighted by Gasteiger charge is -2.22. The van der Waals surface area contributed by atoms with Gasteiger partial charge in [0.25, 0.3) is 0 Å². The van der Waals surface area contributed by atoms with Crippen molar-refractivity contribution < 1.29 is 19.4 Å². The first-order valence-electron chi connectivity index (χ1n) is 7.83. The molecule has 0 saturated heterocycles. The fraction of sp³-hybridized carbons (Fsp3) is 0.588. The molecule has 0 heterocycles. The van der Waals surface area contributed by atoms with Crippen molar-refractivity contribution >= 4 is 6.09 Å².